The highest BCUT2D eigenvalue weighted by molar-refractivity contribution is 5.93. The number of carbonyl (C=O) groups excluding carboxylic acids is 1. The Kier molecular flexibility index (Phi) is 4.50. The summed E-state index contributed by atoms with van der Waals surface area (Å²) in [6, 6.07) is 0.789. The molecule has 24 heavy (non-hydrogen) atoms. The molecule has 0 unspecified atom stereocenters. The van der Waals surface area contributed by atoms with Gasteiger partial charge in [0.1, 0.15) is 5.75 Å². The number of ether oxygens (including phenoxy) is 2. The fourth-order valence-corrected chi connectivity index (χ4v) is 2.33. The number of fused-ring (bicyclic) bond motifs is 1. The van der Waals surface area contributed by atoms with Gasteiger partial charge in [0, 0.05) is 30.9 Å². The van der Waals surface area contributed by atoms with E-state index in [1.165, 1.54) is 0 Å². The minimum atomic E-state index is -3.19. The van der Waals surface area contributed by atoms with E-state index < -0.39 is 24.2 Å². The highest BCUT2D eigenvalue weighted by atomic mass is 19.3. The predicted octanol–water partition coefficient (Wildman–Crippen LogP) is 2.08. The molecule has 1 aliphatic heterocycles. The van der Waals surface area contributed by atoms with E-state index in [4.69, 9.17) is 4.74 Å². The van der Waals surface area contributed by atoms with E-state index >= 15 is 0 Å². The monoisotopic (exact) mass is 339 g/mol. The second-order valence-corrected chi connectivity index (χ2v) is 4.95. The van der Waals surface area contributed by atoms with E-state index in [9.17, 15) is 18.0 Å². The van der Waals surface area contributed by atoms with Gasteiger partial charge < -0.3 is 14.8 Å². The summed E-state index contributed by atoms with van der Waals surface area (Å²) in [5.41, 5.74) is 1.66. The lowest BCUT2D eigenvalue weighted by atomic mass is 10.1. The molecule has 0 saturated carbocycles. The number of amides is 1. The van der Waals surface area contributed by atoms with E-state index in [1.54, 1.807) is 12.4 Å². The van der Waals surface area contributed by atoms with Gasteiger partial charge in [-0.25, -0.2) is 9.37 Å². The van der Waals surface area contributed by atoms with Crippen LogP contribution in [0.25, 0.3) is 0 Å². The highest BCUT2D eigenvalue weighted by Crippen LogP contribution is 2.26. The SMILES string of the molecule is O=C(NCc1cncc2c1CCO2)c1cnc(OC(F)F)c(F)c1. The van der Waals surface area contributed by atoms with Crippen LogP contribution < -0.4 is 14.8 Å². The molecule has 9 heteroatoms. The smallest absolute Gasteiger partial charge is 0.388 e. The van der Waals surface area contributed by atoms with Gasteiger partial charge in [-0.2, -0.15) is 8.78 Å². The average molecular weight is 339 g/mol. The van der Waals surface area contributed by atoms with Gasteiger partial charge in [0.2, 0.25) is 0 Å². The van der Waals surface area contributed by atoms with Crippen LogP contribution >= 0.6 is 0 Å². The van der Waals surface area contributed by atoms with Gasteiger partial charge in [-0.1, -0.05) is 0 Å². The molecule has 126 valence electrons. The Labute approximate surface area is 134 Å². The van der Waals surface area contributed by atoms with Crippen LogP contribution in [0, 0.1) is 5.82 Å². The molecule has 0 saturated heterocycles. The maximum atomic E-state index is 13.6. The van der Waals surface area contributed by atoms with E-state index in [0.29, 0.717) is 12.4 Å². The van der Waals surface area contributed by atoms with E-state index in [0.717, 1.165) is 29.8 Å². The number of halogens is 3. The Morgan fingerprint density at radius 1 is 1.38 bits per heavy atom. The zero-order valence-corrected chi connectivity index (χ0v) is 12.3. The number of hydrogen-bond donors (Lipinski definition) is 1. The predicted molar refractivity (Wildman–Crippen MR) is 75.4 cm³/mol. The van der Waals surface area contributed by atoms with Crippen molar-refractivity contribution in [3.05, 3.63) is 47.2 Å². The standard InChI is InChI=1S/C15H12F3N3O3/c16-11-3-8(5-21-14(11)24-15(17)18)13(22)20-6-9-4-19-7-12-10(9)1-2-23-12/h3-5,7,15H,1-2,6H2,(H,20,22). The molecule has 1 aliphatic rings. The summed E-state index contributed by atoms with van der Waals surface area (Å²) in [7, 11) is 0. The molecule has 0 radical (unpaired) electrons. The lowest BCUT2D eigenvalue weighted by molar-refractivity contribution is -0.0553. The quantitative estimate of drug-likeness (QED) is 0.903. The molecule has 0 aromatic carbocycles. The summed E-state index contributed by atoms with van der Waals surface area (Å²) in [5.74, 6) is -1.91. The molecule has 3 heterocycles. The first-order valence-corrected chi connectivity index (χ1v) is 7.01. The summed E-state index contributed by atoms with van der Waals surface area (Å²) in [5, 5.41) is 2.60. The third-order valence-corrected chi connectivity index (χ3v) is 3.43. The number of hydrogen-bond acceptors (Lipinski definition) is 5. The van der Waals surface area contributed by atoms with Crippen LogP contribution in [0.1, 0.15) is 21.5 Å². The third-order valence-electron chi connectivity index (χ3n) is 3.43. The lowest BCUT2D eigenvalue weighted by Gasteiger charge is -2.09. The Balaban J connectivity index is 1.67. The Morgan fingerprint density at radius 2 is 2.21 bits per heavy atom. The Bertz CT molecular complexity index is 771. The zero-order chi connectivity index (χ0) is 17.1. The summed E-state index contributed by atoms with van der Waals surface area (Å²) in [4.78, 5) is 19.5. The van der Waals surface area contributed by atoms with Crippen molar-refractivity contribution < 1.29 is 27.4 Å². The summed E-state index contributed by atoms with van der Waals surface area (Å²) < 4.78 is 47.0. The van der Waals surface area contributed by atoms with Crippen LogP contribution in [0.2, 0.25) is 0 Å². The molecule has 2 aromatic rings. The van der Waals surface area contributed by atoms with Crippen molar-refractivity contribution in [1.82, 2.24) is 15.3 Å². The van der Waals surface area contributed by atoms with Crippen molar-refractivity contribution >= 4 is 5.91 Å². The zero-order valence-electron chi connectivity index (χ0n) is 12.3. The number of carbonyl (C=O) groups is 1. The minimum absolute atomic E-state index is 0.106. The van der Waals surface area contributed by atoms with Crippen LogP contribution in [-0.4, -0.2) is 29.1 Å². The molecule has 0 atom stereocenters. The molecule has 0 aliphatic carbocycles. The van der Waals surface area contributed by atoms with Crippen molar-refractivity contribution in [3.63, 3.8) is 0 Å². The molecule has 1 amide bonds. The number of pyridine rings is 2. The summed E-state index contributed by atoms with van der Waals surface area (Å²) in [6.07, 6.45) is 4.91. The van der Waals surface area contributed by atoms with Crippen molar-refractivity contribution in [1.29, 1.82) is 0 Å². The van der Waals surface area contributed by atoms with Gasteiger partial charge in [-0.05, 0) is 11.6 Å². The first-order valence-electron chi connectivity index (χ1n) is 7.01. The number of rotatable bonds is 5. The third kappa shape index (κ3) is 3.39. The van der Waals surface area contributed by atoms with Gasteiger partial charge in [0.05, 0.1) is 18.4 Å². The first kappa shape index (κ1) is 16.0. The lowest BCUT2D eigenvalue weighted by Crippen LogP contribution is -2.24. The molecular weight excluding hydrogens is 327 g/mol. The van der Waals surface area contributed by atoms with E-state index in [2.05, 4.69) is 20.0 Å². The Morgan fingerprint density at radius 3 is 2.96 bits per heavy atom. The molecule has 0 spiro atoms. The van der Waals surface area contributed by atoms with E-state index in [1.807, 2.05) is 0 Å². The van der Waals surface area contributed by atoms with E-state index in [-0.39, 0.29) is 12.1 Å². The van der Waals surface area contributed by atoms with Crippen LogP contribution in [-0.2, 0) is 13.0 Å². The topological polar surface area (TPSA) is 73.3 Å². The number of aromatic nitrogens is 2. The van der Waals surface area contributed by atoms with Crippen LogP contribution in [0.4, 0.5) is 13.2 Å². The van der Waals surface area contributed by atoms with Crippen LogP contribution in [0.5, 0.6) is 11.6 Å². The second-order valence-electron chi connectivity index (χ2n) is 4.95. The van der Waals surface area contributed by atoms with Gasteiger partial charge in [-0.15, -0.1) is 0 Å². The molecule has 2 aromatic heterocycles. The maximum Gasteiger partial charge on any atom is 0.388 e. The Hall–Kier alpha value is -2.84. The number of nitrogens with zero attached hydrogens (tertiary/aromatic N) is 2. The molecule has 6 nitrogen and oxygen atoms in total. The molecular formula is C15H12F3N3O3. The molecule has 3 rings (SSSR count). The average Bonchev–Trinajstić information content (AvgIpc) is 3.03. The fourth-order valence-electron chi connectivity index (χ4n) is 2.33. The number of nitrogens with one attached hydrogen (secondary N) is 1. The van der Waals surface area contributed by atoms with Crippen molar-refractivity contribution in [2.75, 3.05) is 6.61 Å². The normalized spacial score (nSPS) is 12.7. The molecule has 0 bridgehead atoms. The van der Waals surface area contributed by atoms with Crippen LogP contribution in [0.3, 0.4) is 0 Å². The van der Waals surface area contributed by atoms with Gasteiger partial charge >= 0.3 is 6.61 Å². The number of alkyl halides is 2. The largest absolute Gasteiger partial charge is 0.491 e. The minimum Gasteiger partial charge on any atom is -0.491 e. The molecule has 0 fully saturated rings. The van der Waals surface area contributed by atoms with Gasteiger partial charge in [-0.3, -0.25) is 9.78 Å². The van der Waals surface area contributed by atoms with Gasteiger partial charge in [0.25, 0.3) is 11.8 Å². The first-order chi connectivity index (χ1) is 11.5. The van der Waals surface area contributed by atoms with Gasteiger partial charge in [0.15, 0.2) is 5.82 Å². The van der Waals surface area contributed by atoms with Crippen LogP contribution in [0.15, 0.2) is 24.7 Å². The highest BCUT2D eigenvalue weighted by Gasteiger charge is 2.18. The second kappa shape index (κ2) is 6.73. The van der Waals surface area contributed by atoms with Crippen molar-refractivity contribution in [2.24, 2.45) is 0 Å². The van der Waals surface area contributed by atoms with Crippen molar-refractivity contribution in [2.45, 2.75) is 19.6 Å². The summed E-state index contributed by atoms with van der Waals surface area (Å²) in [6.45, 7) is -2.46. The maximum absolute atomic E-state index is 13.6. The fraction of sp³-hybridized carbons (Fsp3) is 0.267. The van der Waals surface area contributed by atoms with Crippen molar-refractivity contribution in [3.8, 4) is 11.6 Å². The molecule has 1 N–H and O–H groups in total. The summed E-state index contributed by atoms with van der Waals surface area (Å²) >= 11 is 0.